The zero-order valence-corrected chi connectivity index (χ0v) is 9.73. The van der Waals surface area contributed by atoms with E-state index < -0.39 is 5.51 Å². The van der Waals surface area contributed by atoms with E-state index in [1.807, 2.05) is 0 Å². The van der Waals surface area contributed by atoms with Gasteiger partial charge in [0.25, 0.3) is 0 Å². The van der Waals surface area contributed by atoms with Crippen LogP contribution in [0.1, 0.15) is 0 Å². The maximum atomic E-state index is 12.2. The zero-order valence-electron chi connectivity index (χ0n) is 8.91. The smallest absolute Gasteiger partial charge is 0.446 e. The van der Waals surface area contributed by atoms with Crippen LogP contribution in [-0.2, 0) is 0 Å². The van der Waals surface area contributed by atoms with Crippen molar-refractivity contribution in [1.29, 1.82) is 0 Å². The number of methoxy groups -OCH3 is 1. The summed E-state index contributed by atoms with van der Waals surface area (Å²) >= 11 is -0.106. The lowest BCUT2D eigenvalue weighted by Gasteiger charge is -2.07. The van der Waals surface area contributed by atoms with Gasteiger partial charge in [-0.1, -0.05) is 12.1 Å². The third kappa shape index (κ3) is 3.06. The van der Waals surface area contributed by atoms with Gasteiger partial charge in [-0.05, 0) is 46.8 Å². The summed E-state index contributed by atoms with van der Waals surface area (Å²) in [6.45, 7) is 0. The molecule has 0 N–H and O–H groups in total. The van der Waals surface area contributed by atoms with Crippen molar-refractivity contribution in [1.82, 2.24) is 0 Å². The van der Waals surface area contributed by atoms with Crippen molar-refractivity contribution in [3.63, 3.8) is 0 Å². The molecule has 0 amide bonds. The lowest BCUT2D eigenvalue weighted by Crippen LogP contribution is -1.98. The maximum Gasteiger partial charge on any atom is 0.446 e. The molecule has 0 radical (unpaired) electrons. The third-order valence-corrected chi connectivity index (χ3v) is 2.97. The van der Waals surface area contributed by atoms with Gasteiger partial charge >= 0.3 is 5.51 Å². The highest BCUT2D eigenvalue weighted by molar-refractivity contribution is 8.00. The molecular weight excluding hydrogens is 249 g/mol. The highest BCUT2D eigenvalue weighted by atomic mass is 32.2. The number of alkyl halides is 3. The Hall–Kier alpha value is -1.36. The largest absolute Gasteiger partial charge is 0.497 e. The summed E-state index contributed by atoms with van der Waals surface area (Å²) in [7, 11) is 1.55. The summed E-state index contributed by atoms with van der Waals surface area (Å²) in [6, 6.07) is 9.90. The predicted octanol–water partition coefficient (Wildman–Crippen LogP) is 4.46. The first-order valence-electron chi connectivity index (χ1n) is 4.81. The van der Waals surface area contributed by atoms with Crippen molar-refractivity contribution in [2.75, 3.05) is 7.11 Å². The molecule has 90 valence electrons. The minimum atomic E-state index is -4.25. The molecule has 5 heteroatoms. The second-order valence-corrected chi connectivity index (χ2v) is 4.56. The fraction of sp³-hybridized carbons (Fsp3) is 0.167. The molecule has 0 saturated carbocycles. The molecule has 1 nitrogen and oxygen atoms in total. The van der Waals surface area contributed by atoms with Gasteiger partial charge in [-0.3, -0.25) is 0 Å². The molecule has 0 aliphatic rings. The van der Waals surface area contributed by atoms with Crippen molar-refractivity contribution in [2.45, 2.75) is 10.4 Å². The van der Waals surface area contributed by atoms with Crippen LogP contribution in [0, 0.1) is 0 Å². The molecule has 0 aliphatic carbocycles. The van der Waals surface area contributed by atoms with Crippen LogP contribution in [0.4, 0.5) is 13.2 Å². The van der Waals surface area contributed by atoms with Gasteiger partial charge in [0.2, 0.25) is 0 Å². The van der Waals surface area contributed by atoms with Crippen LogP contribution in [0.5, 0.6) is 5.75 Å². The van der Waals surface area contributed by atoms with Crippen molar-refractivity contribution in [3.8, 4) is 5.75 Å². The summed E-state index contributed by atoms with van der Waals surface area (Å²) in [6.07, 6.45) is 0. The number of hydrogen-bond acceptors (Lipinski definition) is 2. The van der Waals surface area contributed by atoms with Gasteiger partial charge in [0.1, 0.15) is 5.75 Å². The fourth-order valence-corrected chi connectivity index (χ4v) is 2.12. The fourth-order valence-electron chi connectivity index (χ4n) is 1.53. The molecule has 0 heterocycles. The highest BCUT2D eigenvalue weighted by Gasteiger charge is 2.29. The molecule has 0 fully saturated rings. The van der Waals surface area contributed by atoms with Gasteiger partial charge in [0.15, 0.2) is 0 Å². The van der Waals surface area contributed by atoms with Crippen LogP contribution in [0.15, 0.2) is 41.3 Å². The van der Waals surface area contributed by atoms with Crippen LogP contribution in [-0.4, -0.2) is 12.6 Å². The third-order valence-electron chi connectivity index (χ3n) is 2.25. The van der Waals surface area contributed by atoms with E-state index in [-0.39, 0.29) is 16.7 Å². The Kier molecular flexibility index (Phi) is 3.19. The second-order valence-electron chi connectivity index (χ2n) is 3.42. The van der Waals surface area contributed by atoms with Crippen molar-refractivity contribution in [2.24, 2.45) is 0 Å². The van der Waals surface area contributed by atoms with E-state index in [9.17, 15) is 13.2 Å². The van der Waals surface area contributed by atoms with E-state index in [1.165, 1.54) is 12.1 Å². The lowest BCUT2D eigenvalue weighted by atomic mass is 10.1. The monoisotopic (exact) mass is 258 g/mol. The first kappa shape index (κ1) is 12.1. The molecule has 0 aromatic heterocycles. The van der Waals surface area contributed by atoms with Gasteiger partial charge in [0.05, 0.1) is 7.11 Å². The molecule has 0 atom stereocenters. The van der Waals surface area contributed by atoms with Crippen LogP contribution in [0.3, 0.4) is 0 Å². The van der Waals surface area contributed by atoms with Gasteiger partial charge in [0, 0.05) is 4.90 Å². The van der Waals surface area contributed by atoms with Gasteiger partial charge < -0.3 is 4.74 Å². The summed E-state index contributed by atoms with van der Waals surface area (Å²) in [5.41, 5.74) is -4.25. The lowest BCUT2D eigenvalue weighted by molar-refractivity contribution is -0.0328. The molecule has 0 spiro atoms. The average Bonchev–Trinajstić information content (AvgIpc) is 2.26. The average molecular weight is 258 g/mol. The van der Waals surface area contributed by atoms with Crippen molar-refractivity contribution < 1.29 is 17.9 Å². The number of ether oxygens (including phenoxy) is 1. The Balaban J connectivity index is 2.38. The molecule has 0 aliphatic heterocycles. The molecule has 2 aromatic rings. The Morgan fingerprint density at radius 3 is 2.29 bits per heavy atom. The van der Waals surface area contributed by atoms with Crippen molar-refractivity contribution in [3.05, 3.63) is 36.4 Å². The van der Waals surface area contributed by atoms with Crippen LogP contribution in [0.2, 0.25) is 0 Å². The van der Waals surface area contributed by atoms with E-state index in [1.54, 1.807) is 31.4 Å². The zero-order chi connectivity index (χ0) is 12.5. The first-order valence-corrected chi connectivity index (χ1v) is 5.63. The molecule has 2 rings (SSSR count). The topological polar surface area (TPSA) is 9.23 Å². The molecule has 2 aromatic carbocycles. The molecule has 0 saturated heterocycles. The number of halogens is 3. The summed E-state index contributed by atoms with van der Waals surface area (Å²) in [5.74, 6) is 0.689. The number of hydrogen-bond donors (Lipinski definition) is 0. The Labute approximate surface area is 101 Å². The van der Waals surface area contributed by atoms with E-state index in [0.29, 0.717) is 5.75 Å². The maximum absolute atomic E-state index is 12.2. The summed E-state index contributed by atoms with van der Waals surface area (Å²) < 4.78 is 41.7. The highest BCUT2D eigenvalue weighted by Crippen LogP contribution is 2.38. The number of benzene rings is 2. The standard InChI is InChI=1S/C12H9F3OS/c1-16-10-4-2-9-7-11(17-12(13,14)15)5-3-8(9)6-10/h2-7H,1H3. The van der Waals surface area contributed by atoms with Crippen LogP contribution < -0.4 is 4.74 Å². The molecular formula is C12H9F3OS. The molecule has 0 unspecified atom stereocenters. The normalized spacial score (nSPS) is 11.8. The van der Waals surface area contributed by atoms with E-state index in [2.05, 4.69) is 0 Å². The minimum Gasteiger partial charge on any atom is -0.497 e. The summed E-state index contributed by atoms with van der Waals surface area (Å²) in [5, 5.41) is 1.62. The number of thioether (sulfide) groups is 1. The quantitative estimate of drug-likeness (QED) is 0.735. The SMILES string of the molecule is COc1ccc2cc(SC(F)(F)F)ccc2c1. The number of fused-ring (bicyclic) bond motifs is 1. The minimum absolute atomic E-state index is 0.106. The van der Waals surface area contributed by atoms with Crippen LogP contribution in [0.25, 0.3) is 10.8 Å². The van der Waals surface area contributed by atoms with Crippen molar-refractivity contribution >= 4 is 22.5 Å². The van der Waals surface area contributed by atoms with Gasteiger partial charge in [-0.2, -0.15) is 13.2 Å². The van der Waals surface area contributed by atoms with Gasteiger partial charge in [-0.25, -0.2) is 0 Å². The predicted molar refractivity (Wildman–Crippen MR) is 62.4 cm³/mol. The number of rotatable bonds is 2. The first-order chi connectivity index (χ1) is 7.98. The Morgan fingerprint density at radius 1 is 1.00 bits per heavy atom. The second kappa shape index (κ2) is 4.49. The van der Waals surface area contributed by atoms with E-state index in [0.717, 1.165) is 10.8 Å². The Bertz CT molecular complexity index is 537. The van der Waals surface area contributed by atoms with Gasteiger partial charge in [-0.15, -0.1) is 0 Å². The van der Waals surface area contributed by atoms with Crippen LogP contribution >= 0.6 is 11.8 Å². The summed E-state index contributed by atoms with van der Waals surface area (Å²) in [4.78, 5) is 0.190. The molecule has 17 heavy (non-hydrogen) atoms. The van der Waals surface area contributed by atoms with E-state index in [4.69, 9.17) is 4.74 Å². The molecule has 0 bridgehead atoms. The van der Waals surface area contributed by atoms with E-state index >= 15 is 0 Å². The Morgan fingerprint density at radius 2 is 1.65 bits per heavy atom.